The largest absolute Gasteiger partial charge is 0.496 e. The number of fused-ring (bicyclic) bond motifs is 1. The minimum Gasteiger partial charge on any atom is -0.496 e. The second-order valence-corrected chi connectivity index (χ2v) is 6.87. The van der Waals surface area contributed by atoms with Crippen molar-refractivity contribution in [1.82, 2.24) is 9.97 Å². The molecule has 0 radical (unpaired) electrons. The van der Waals surface area contributed by atoms with Crippen LogP contribution in [-0.4, -0.2) is 17.1 Å². The van der Waals surface area contributed by atoms with Gasteiger partial charge in [0.2, 0.25) is 0 Å². The van der Waals surface area contributed by atoms with Crippen molar-refractivity contribution in [3.8, 4) is 11.8 Å². The first-order chi connectivity index (χ1) is 12.5. The summed E-state index contributed by atoms with van der Waals surface area (Å²) >= 11 is 1.46. The fourth-order valence-electron chi connectivity index (χ4n) is 2.60. The molecule has 26 heavy (non-hydrogen) atoms. The smallest absolute Gasteiger partial charge is 0.260 e. The van der Waals surface area contributed by atoms with Crippen LogP contribution in [0.1, 0.15) is 21.8 Å². The molecule has 2 heterocycles. The number of methoxy groups -OCH3 is 1. The van der Waals surface area contributed by atoms with E-state index in [2.05, 4.69) is 16.0 Å². The predicted octanol–water partition coefficient (Wildman–Crippen LogP) is 4.23. The van der Waals surface area contributed by atoms with Crippen molar-refractivity contribution in [3.63, 3.8) is 0 Å². The number of aromatic nitrogens is 2. The van der Waals surface area contributed by atoms with Crippen LogP contribution in [-0.2, 0) is 0 Å². The number of allylic oxidation sites excluding steroid dienone is 3. The molecule has 130 valence electrons. The Morgan fingerprint density at radius 1 is 1.35 bits per heavy atom. The topological polar surface area (TPSA) is 78.8 Å². The van der Waals surface area contributed by atoms with Crippen molar-refractivity contribution < 1.29 is 4.74 Å². The van der Waals surface area contributed by atoms with Gasteiger partial charge in [0, 0.05) is 10.4 Å². The van der Waals surface area contributed by atoms with E-state index in [-0.39, 0.29) is 11.4 Å². The summed E-state index contributed by atoms with van der Waals surface area (Å²) in [6.07, 6.45) is 5.21. The Balaban J connectivity index is 2.00. The van der Waals surface area contributed by atoms with E-state index < -0.39 is 0 Å². The van der Waals surface area contributed by atoms with Crippen molar-refractivity contribution in [1.29, 1.82) is 5.26 Å². The van der Waals surface area contributed by atoms with Crippen LogP contribution in [0.2, 0.25) is 0 Å². The number of ether oxygens (including phenoxy) is 1. The maximum Gasteiger partial charge on any atom is 0.260 e. The monoisotopic (exact) mass is 363 g/mol. The number of rotatable bonds is 4. The predicted molar refractivity (Wildman–Crippen MR) is 105 cm³/mol. The summed E-state index contributed by atoms with van der Waals surface area (Å²) in [6, 6.07) is 9.68. The maximum atomic E-state index is 12.4. The second kappa shape index (κ2) is 7.38. The summed E-state index contributed by atoms with van der Waals surface area (Å²) in [5, 5.41) is 10.1. The molecule has 1 aromatic carbocycles. The molecule has 2 aromatic heterocycles. The van der Waals surface area contributed by atoms with Crippen molar-refractivity contribution in [2.75, 3.05) is 7.11 Å². The lowest BCUT2D eigenvalue weighted by Crippen LogP contribution is -2.10. The SMILES string of the molecule is COc1ccccc1/C=C/C=C(\C#N)c1nc2sc(C)c(C)c2c(=O)[nH]1. The molecule has 0 aliphatic carbocycles. The minimum absolute atomic E-state index is 0.221. The molecule has 6 heteroatoms. The Kier molecular flexibility index (Phi) is 5.01. The number of nitrogens with one attached hydrogen (secondary N) is 1. The van der Waals surface area contributed by atoms with Crippen LogP contribution in [0.5, 0.6) is 5.75 Å². The summed E-state index contributed by atoms with van der Waals surface area (Å²) in [5.74, 6) is 1.02. The number of nitrogens with zero attached hydrogens (tertiary/aromatic N) is 2. The molecule has 0 atom stereocenters. The Morgan fingerprint density at radius 3 is 2.85 bits per heavy atom. The number of H-pyrrole nitrogens is 1. The molecular formula is C20H17N3O2S. The van der Waals surface area contributed by atoms with Gasteiger partial charge in [0.15, 0.2) is 5.82 Å². The average Bonchev–Trinajstić information content (AvgIpc) is 2.93. The molecule has 0 amide bonds. The van der Waals surface area contributed by atoms with Gasteiger partial charge in [-0.05, 0) is 31.6 Å². The maximum absolute atomic E-state index is 12.4. The lowest BCUT2D eigenvalue weighted by molar-refractivity contribution is 0.414. The minimum atomic E-state index is -0.221. The highest BCUT2D eigenvalue weighted by Gasteiger charge is 2.13. The fourth-order valence-corrected chi connectivity index (χ4v) is 3.63. The van der Waals surface area contributed by atoms with Gasteiger partial charge in [-0.1, -0.05) is 30.4 Å². The molecule has 0 aliphatic heterocycles. The van der Waals surface area contributed by atoms with Gasteiger partial charge in [-0.2, -0.15) is 5.26 Å². The summed E-state index contributed by atoms with van der Waals surface area (Å²) < 4.78 is 5.30. The Morgan fingerprint density at radius 2 is 2.12 bits per heavy atom. The van der Waals surface area contributed by atoms with Gasteiger partial charge in [0.1, 0.15) is 16.6 Å². The Labute approximate surface area is 154 Å². The normalized spacial score (nSPS) is 11.8. The number of thiophene rings is 1. The van der Waals surface area contributed by atoms with Crippen molar-refractivity contribution >= 4 is 33.2 Å². The molecule has 0 saturated carbocycles. The van der Waals surface area contributed by atoms with Crippen molar-refractivity contribution in [3.05, 3.63) is 68.6 Å². The second-order valence-electron chi connectivity index (χ2n) is 5.67. The zero-order valence-electron chi connectivity index (χ0n) is 14.7. The van der Waals surface area contributed by atoms with E-state index in [1.165, 1.54) is 11.3 Å². The van der Waals surface area contributed by atoms with Gasteiger partial charge >= 0.3 is 0 Å². The summed E-state index contributed by atoms with van der Waals surface area (Å²) in [7, 11) is 1.61. The first kappa shape index (κ1) is 17.6. The molecule has 0 spiro atoms. The summed E-state index contributed by atoms with van der Waals surface area (Å²) in [4.78, 5) is 21.2. The van der Waals surface area contributed by atoms with E-state index in [0.717, 1.165) is 21.8 Å². The number of aryl methyl sites for hydroxylation is 2. The molecule has 3 aromatic rings. The number of hydrogen-bond donors (Lipinski definition) is 1. The first-order valence-corrected chi connectivity index (χ1v) is 8.78. The third kappa shape index (κ3) is 3.30. The van der Waals surface area contributed by atoms with E-state index >= 15 is 0 Å². The highest BCUT2D eigenvalue weighted by molar-refractivity contribution is 7.18. The van der Waals surface area contributed by atoms with Crippen LogP contribution in [0, 0.1) is 25.2 Å². The zero-order chi connectivity index (χ0) is 18.7. The first-order valence-electron chi connectivity index (χ1n) is 7.97. The molecule has 0 aliphatic rings. The third-order valence-corrected chi connectivity index (χ3v) is 5.19. The molecule has 1 N–H and O–H groups in total. The fraction of sp³-hybridized carbons (Fsp3) is 0.150. The molecule has 0 bridgehead atoms. The summed E-state index contributed by atoms with van der Waals surface area (Å²) in [6.45, 7) is 3.86. The van der Waals surface area contributed by atoms with Gasteiger partial charge in [-0.3, -0.25) is 4.79 Å². The van der Waals surface area contributed by atoms with Crippen LogP contribution in [0.3, 0.4) is 0 Å². The number of aromatic amines is 1. The highest BCUT2D eigenvalue weighted by Crippen LogP contribution is 2.26. The average molecular weight is 363 g/mol. The van der Waals surface area contributed by atoms with Gasteiger partial charge < -0.3 is 9.72 Å². The number of hydrogen-bond acceptors (Lipinski definition) is 5. The van der Waals surface area contributed by atoms with E-state index in [9.17, 15) is 10.1 Å². The van der Waals surface area contributed by atoms with Gasteiger partial charge in [0.05, 0.1) is 18.1 Å². The van der Waals surface area contributed by atoms with E-state index in [1.807, 2.05) is 44.2 Å². The molecule has 0 saturated heterocycles. The third-order valence-electron chi connectivity index (χ3n) is 4.09. The van der Waals surface area contributed by atoms with Gasteiger partial charge in [-0.25, -0.2) is 4.98 Å². The zero-order valence-corrected chi connectivity index (χ0v) is 15.5. The Hall–Kier alpha value is -3.17. The number of para-hydroxylation sites is 1. The molecule has 0 fully saturated rings. The van der Waals surface area contributed by atoms with Crippen LogP contribution in [0.4, 0.5) is 0 Å². The number of nitriles is 1. The van der Waals surface area contributed by atoms with E-state index in [4.69, 9.17) is 4.74 Å². The van der Waals surface area contributed by atoms with Crippen molar-refractivity contribution in [2.24, 2.45) is 0 Å². The number of benzene rings is 1. The van der Waals surface area contributed by atoms with Gasteiger partial charge in [0.25, 0.3) is 5.56 Å². The van der Waals surface area contributed by atoms with Crippen LogP contribution in [0.15, 0.2) is 41.2 Å². The standard InChI is InChI=1S/C20H17N3O2S/c1-12-13(2)26-20-17(12)19(24)22-18(23-20)15(11-21)9-6-8-14-7-4-5-10-16(14)25-3/h4-10H,1-3H3,(H,22,23,24)/b8-6+,15-9+. The lowest BCUT2D eigenvalue weighted by Gasteiger charge is -2.02. The van der Waals surface area contributed by atoms with Crippen LogP contribution in [0.25, 0.3) is 21.9 Å². The van der Waals surface area contributed by atoms with Gasteiger partial charge in [-0.15, -0.1) is 11.3 Å². The Bertz CT molecular complexity index is 1130. The molecule has 3 rings (SSSR count). The van der Waals surface area contributed by atoms with Crippen LogP contribution >= 0.6 is 11.3 Å². The van der Waals surface area contributed by atoms with E-state index in [1.54, 1.807) is 19.3 Å². The lowest BCUT2D eigenvalue weighted by atomic mass is 10.1. The highest BCUT2D eigenvalue weighted by atomic mass is 32.1. The van der Waals surface area contributed by atoms with E-state index in [0.29, 0.717) is 15.8 Å². The van der Waals surface area contributed by atoms with Crippen molar-refractivity contribution in [2.45, 2.75) is 13.8 Å². The quantitative estimate of drug-likeness (QED) is 0.556. The van der Waals surface area contributed by atoms with Crippen LogP contribution < -0.4 is 10.3 Å². The molecule has 5 nitrogen and oxygen atoms in total. The molecule has 0 unspecified atom stereocenters. The molecular weight excluding hydrogens is 346 g/mol. The summed E-state index contributed by atoms with van der Waals surface area (Å²) in [5.41, 5.74) is 1.90.